The third-order valence-electron chi connectivity index (χ3n) is 8.60. The van der Waals surface area contributed by atoms with Gasteiger partial charge in [-0.2, -0.15) is 0 Å². The van der Waals surface area contributed by atoms with Crippen LogP contribution in [0.5, 0.6) is 5.75 Å². The molecule has 4 rings (SSSR count). The Morgan fingerprint density at radius 2 is 1.41 bits per heavy atom. The standard InChI is InChI=1S/C33H43F3O/c1-3-4-5-6-21-37-28-18-17-27(31(34)22-28)16-11-24-9-14-26(15-10-24)30-20-19-29(32(35)33(30)36)25-12-7-23(2)8-13-25/h11,16-20,22-26H,3-10,12-15,21H2,1-2H3/b16-11+. The molecule has 2 fully saturated rings. The second-order valence-corrected chi connectivity index (χ2v) is 11.4. The summed E-state index contributed by atoms with van der Waals surface area (Å²) < 4.78 is 50.4. The first kappa shape index (κ1) is 27.8. The highest BCUT2D eigenvalue weighted by Gasteiger charge is 2.28. The normalized spacial score (nSPS) is 24.5. The minimum Gasteiger partial charge on any atom is -0.493 e. The smallest absolute Gasteiger partial charge is 0.162 e. The van der Waals surface area contributed by atoms with E-state index < -0.39 is 11.6 Å². The second-order valence-electron chi connectivity index (χ2n) is 11.4. The van der Waals surface area contributed by atoms with Gasteiger partial charge in [0, 0.05) is 11.6 Å². The van der Waals surface area contributed by atoms with Crippen molar-refractivity contribution in [2.45, 2.75) is 103 Å². The molecule has 0 aliphatic heterocycles. The minimum atomic E-state index is -0.634. The van der Waals surface area contributed by atoms with Gasteiger partial charge in [0.05, 0.1) is 6.61 Å². The monoisotopic (exact) mass is 512 g/mol. The summed E-state index contributed by atoms with van der Waals surface area (Å²) in [5.74, 6) is 0.237. The molecule has 0 unspecified atom stereocenters. The Morgan fingerprint density at radius 3 is 2.00 bits per heavy atom. The Bertz CT molecular complexity index is 1030. The number of hydrogen-bond donors (Lipinski definition) is 0. The molecule has 0 bridgehead atoms. The van der Waals surface area contributed by atoms with Crippen molar-refractivity contribution in [3.8, 4) is 5.75 Å². The molecule has 2 aliphatic rings. The largest absolute Gasteiger partial charge is 0.493 e. The number of halogens is 3. The van der Waals surface area contributed by atoms with Gasteiger partial charge < -0.3 is 4.74 Å². The predicted molar refractivity (Wildman–Crippen MR) is 147 cm³/mol. The van der Waals surface area contributed by atoms with Crippen LogP contribution in [0.2, 0.25) is 0 Å². The molecule has 2 aromatic rings. The van der Waals surface area contributed by atoms with E-state index >= 15 is 8.78 Å². The fourth-order valence-electron chi connectivity index (χ4n) is 6.10. The van der Waals surface area contributed by atoms with Gasteiger partial charge in [0.1, 0.15) is 11.6 Å². The van der Waals surface area contributed by atoms with E-state index in [0.29, 0.717) is 40.9 Å². The lowest BCUT2D eigenvalue weighted by Crippen LogP contribution is -2.16. The lowest BCUT2D eigenvalue weighted by molar-refractivity contribution is 0.303. The molecule has 0 atom stereocenters. The van der Waals surface area contributed by atoms with E-state index in [4.69, 9.17) is 4.74 Å². The van der Waals surface area contributed by atoms with Gasteiger partial charge in [0.2, 0.25) is 0 Å². The first-order valence-corrected chi connectivity index (χ1v) is 14.5. The van der Waals surface area contributed by atoms with Crippen molar-refractivity contribution in [1.29, 1.82) is 0 Å². The van der Waals surface area contributed by atoms with Crippen LogP contribution < -0.4 is 4.74 Å². The Balaban J connectivity index is 1.29. The average Bonchev–Trinajstić information content (AvgIpc) is 2.91. The zero-order chi connectivity index (χ0) is 26.2. The van der Waals surface area contributed by atoms with Crippen molar-refractivity contribution in [2.24, 2.45) is 11.8 Å². The Labute approximate surface area is 221 Å². The van der Waals surface area contributed by atoms with Gasteiger partial charge in [-0.05, 0) is 91.9 Å². The molecule has 37 heavy (non-hydrogen) atoms. The molecule has 0 aromatic heterocycles. The number of ether oxygens (including phenoxy) is 1. The van der Waals surface area contributed by atoms with Gasteiger partial charge in [-0.25, -0.2) is 13.2 Å². The van der Waals surface area contributed by atoms with Crippen LogP contribution in [0.15, 0.2) is 36.4 Å². The van der Waals surface area contributed by atoms with E-state index in [-0.39, 0.29) is 17.7 Å². The molecule has 2 saturated carbocycles. The quantitative estimate of drug-likeness (QED) is 0.288. The van der Waals surface area contributed by atoms with E-state index in [1.54, 1.807) is 6.07 Å². The van der Waals surface area contributed by atoms with Crippen LogP contribution in [-0.4, -0.2) is 6.61 Å². The fourth-order valence-corrected chi connectivity index (χ4v) is 6.10. The van der Waals surface area contributed by atoms with Crippen molar-refractivity contribution >= 4 is 6.08 Å². The van der Waals surface area contributed by atoms with Crippen LogP contribution in [-0.2, 0) is 0 Å². The zero-order valence-corrected chi connectivity index (χ0v) is 22.6. The zero-order valence-electron chi connectivity index (χ0n) is 22.6. The van der Waals surface area contributed by atoms with Gasteiger partial charge in [0.15, 0.2) is 11.6 Å². The van der Waals surface area contributed by atoms with Crippen LogP contribution in [0.25, 0.3) is 6.08 Å². The third kappa shape index (κ3) is 7.42. The fraction of sp³-hybridized carbons (Fsp3) is 0.576. The summed E-state index contributed by atoms with van der Waals surface area (Å²) in [5, 5.41) is 0. The maximum Gasteiger partial charge on any atom is 0.162 e. The molecule has 0 spiro atoms. The molecule has 0 amide bonds. The van der Waals surface area contributed by atoms with Crippen LogP contribution in [0.3, 0.4) is 0 Å². The summed E-state index contributed by atoms with van der Waals surface area (Å²) in [6.07, 6.45) is 15.9. The highest BCUT2D eigenvalue weighted by molar-refractivity contribution is 5.52. The summed E-state index contributed by atoms with van der Waals surface area (Å²) in [5.41, 5.74) is 1.66. The number of rotatable bonds is 10. The minimum absolute atomic E-state index is 0.0464. The van der Waals surface area contributed by atoms with E-state index in [1.165, 1.54) is 18.9 Å². The predicted octanol–water partition coefficient (Wildman–Crippen LogP) is 10.3. The number of hydrogen-bond acceptors (Lipinski definition) is 1. The van der Waals surface area contributed by atoms with E-state index in [0.717, 1.165) is 64.2 Å². The van der Waals surface area contributed by atoms with E-state index in [2.05, 4.69) is 19.9 Å². The van der Waals surface area contributed by atoms with E-state index in [1.807, 2.05) is 24.3 Å². The lowest BCUT2D eigenvalue weighted by atomic mass is 9.76. The Hall–Kier alpha value is -2.23. The lowest BCUT2D eigenvalue weighted by Gasteiger charge is -2.29. The maximum atomic E-state index is 15.1. The topological polar surface area (TPSA) is 9.23 Å². The molecular formula is C33H43F3O. The number of unbranched alkanes of at least 4 members (excludes halogenated alkanes) is 3. The molecule has 2 aromatic carbocycles. The van der Waals surface area contributed by atoms with Crippen molar-refractivity contribution in [2.75, 3.05) is 6.61 Å². The van der Waals surface area contributed by atoms with Crippen molar-refractivity contribution in [3.63, 3.8) is 0 Å². The Kier molecular flexibility index (Phi) is 10.2. The summed E-state index contributed by atoms with van der Waals surface area (Å²) >= 11 is 0. The second kappa shape index (κ2) is 13.5. The average molecular weight is 513 g/mol. The molecule has 1 nitrogen and oxygen atoms in total. The van der Waals surface area contributed by atoms with E-state index in [9.17, 15) is 4.39 Å². The molecule has 0 N–H and O–H groups in total. The van der Waals surface area contributed by atoms with Crippen LogP contribution in [0.4, 0.5) is 13.2 Å². The highest BCUT2D eigenvalue weighted by atomic mass is 19.2. The molecule has 2 aliphatic carbocycles. The molecule has 0 heterocycles. The summed E-state index contributed by atoms with van der Waals surface area (Å²) in [4.78, 5) is 0. The van der Waals surface area contributed by atoms with Gasteiger partial charge in [-0.15, -0.1) is 0 Å². The summed E-state index contributed by atoms with van der Waals surface area (Å²) in [6, 6.07) is 8.75. The Morgan fingerprint density at radius 1 is 0.784 bits per heavy atom. The van der Waals surface area contributed by atoms with Gasteiger partial charge >= 0.3 is 0 Å². The van der Waals surface area contributed by atoms with Crippen molar-refractivity contribution in [3.05, 3.63) is 70.5 Å². The molecule has 202 valence electrons. The molecule has 0 radical (unpaired) electrons. The first-order chi connectivity index (χ1) is 18.0. The number of allylic oxidation sites excluding steroid dienone is 1. The molecular weight excluding hydrogens is 469 g/mol. The van der Waals surface area contributed by atoms with Crippen molar-refractivity contribution < 1.29 is 17.9 Å². The molecule has 4 heteroatoms. The van der Waals surface area contributed by atoms with Crippen LogP contribution in [0, 0.1) is 29.3 Å². The maximum absolute atomic E-state index is 15.1. The van der Waals surface area contributed by atoms with Gasteiger partial charge in [0.25, 0.3) is 0 Å². The third-order valence-corrected chi connectivity index (χ3v) is 8.60. The van der Waals surface area contributed by atoms with Gasteiger partial charge in [-0.3, -0.25) is 0 Å². The number of benzene rings is 2. The first-order valence-electron chi connectivity index (χ1n) is 14.5. The molecule has 0 saturated heterocycles. The summed E-state index contributed by atoms with van der Waals surface area (Å²) in [7, 11) is 0. The highest BCUT2D eigenvalue weighted by Crippen LogP contribution is 2.41. The van der Waals surface area contributed by atoms with Crippen molar-refractivity contribution in [1.82, 2.24) is 0 Å². The van der Waals surface area contributed by atoms with Gasteiger partial charge in [-0.1, -0.05) is 70.2 Å². The SMILES string of the molecule is CCCCCCOc1ccc(/C=C/C2CCC(c3ccc(C4CCC(C)CC4)c(F)c3F)CC2)c(F)c1. The summed E-state index contributed by atoms with van der Waals surface area (Å²) in [6.45, 7) is 5.02. The van der Waals surface area contributed by atoms with Crippen LogP contribution >= 0.6 is 0 Å². The van der Waals surface area contributed by atoms with Crippen LogP contribution in [0.1, 0.15) is 119 Å².